The molecule has 0 N–H and O–H groups in total. The Morgan fingerprint density at radius 3 is 1.05 bits per heavy atom. The van der Waals surface area contributed by atoms with Crippen molar-refractivity contribution in [2.75, 3.05) is 0 Å². The van der Waals surface area contributed by atoms with Gasteiger partial charge in [0.15, 0.2) is 0 Å². The molecule has 0 saturated heterocycles. The molecule has 0 heterocycles. The largest absolute Gasteiger partial charge is 0.136 e. The summed E-state index contributed by atoms with van der Waals surface area (Å²) >= 11 is 0. The lowest BCUT2D eigenvalue weighted by atomic mass is 10.4. The number of hydrogen-bond acceptors (Lipinski definition) is 0. The normalized spacial score (nSPS) is 10.5. The predicted octanol–water partition coefficient (Wildman–Crippen LogP) is 4.74. The molecule has 0 saturated carbocycles. The second-order valence-corrected chi connectivity index (χ2v) is 8.27. The Morgan fingerprint density at radius 2 is 0.818 bits per heavy atom. The summed E-state index contributed by atoms with van der Waals surface area (Å²) in [7, 11) is -1.77. The van der Waals surface area contributed by atoms with Crippen molar-refractivity contribution in [3.8, 4) is 0 Å². The summed E-state index contributed by atoms with van der Waals surface area (Å²) in [4.78, 5) is 0. The Balaban J connectivity index is 0.00000176. The number of rotatable bonds is 4. The SMILES string of the molecule is C=C[P+](c1ccccc1)(c1ccccc1)c1ccccc1.I. The Bertz CT molecular complexity index is 612. The van der Waals surface area contributed by atoms with Crippen LogP contribution in [-0.4, -0.2) is 0 Å². The standard InChI is InChI=1S/C20H18P.HI/c1-2-21(18-12-6-3-7-13-18,19-14-8-4-9-15-19)20-16-10-5-11-17-20;/h2-17H,1H2;1H/q+1;. The molecular weight excluding hydrogens is 398 g/mol. The van der Waals surface area contributed by atoms with Crippen molar-refractivity contribution in [2.45, 2.75) is 0 Å². The molecule has 0 spiro atoms. The summed E-state index contributed by atoms with van der Waals surface area (Å²) in [6.45, 7) is 4.21. The van der Waals surface area contributed by atoms with E-state index >= 15 is 0 Å². The molecular formula is C20H19IP+. The highest BCUT2D eigenvalue weighted by Crippen LogP contribution is 2.56. The second kappa shape index (κ2) is 7.71. The molecule has 22 heavy (non-hydrogen) atoms. The maximum atomic E-state index is 4.21. The minimum Gasteiger partial charge on any atom is -0.107 e. The Morgan fingerprint density at radius 1 is 0.545 bits per heavy atom. The van der Waals surface area contributed by atoms with Gasteiger partial charge in [0, 0.05) is 0 Å². The topological polar surface area (TPSA) is 0 Å². The zero-order valence-corrected chi connectivity index (χ0v) is 15.5. The van der Waals surface area contributed by atoms with E-state index in [1.165, 1.54) is 15.9 Å². The highest BCUT2D eigenvalue weighted by Gasteiger charge is 2.42. The highest BCUT2D eigenvalue weighted by molar-refractivity contribution is 14.0. The molecule has 3 rings (SSSR count). The first-order chi connectivity index (χ1) is 10.4. The van der Waals surface area contributed by atoms with Crippen LogP contribution in [-0.2, 0) is 0 Å². The van der Waals surface area contributed by atoms with E-state index in [4.69, 9.17) is 0 Å². The smallest absolute Gasteiger partial charge is 0.107 e. The fourth-order valence-corrected chi connectivity index (χ4v) is 6.21. The number of halogens is 1. The Kier molecular flexibility index (Phi) is 5.93. The summed E-state index contributed by atoms with van der Waals surface area (Å²) in [5.41, 5.74) is 0. The molecule has 0 aliphatic carbocycles. The van der Waals surface area contributed by atoms with Gasteiger partial charge in [0.1, 0.15) is 23.2 Å². The zero-order chi connectivity index (χ0) is 14.5. The first kappa shape index (κ1) is 16.9. The Hall–Kier alpha value is -1.44. The third kappa shape index (κ3) is 3.02. The van der Waals surface area contributed by atoms with Crippen LogP contribution in [0.2, 0.25) is 0 Å². The predicted molar refractivity (Wildman–Crippen MR) is 111 cm³/mol. The van der Waals surface area contributed by atoms with Crippen molar-refractivity contribution in [3.05, 3.63) is 103 Å². The van der Waals surface area contributed by atoms with E-state index < -0.39 is 7.26 Å². The lowest BCUT2D eigenvalue weighted by Crippen LogP contribution is -2.29. The molecule has 0 fully saturated rings. The molecule has 0 radical (unpaired) electrons. The average molecular weight is 417 g/mol. The van der Waals surface area contributed by atoms with Gasteiger partial charge in [0.2, 0.25) is 0 Å². The lowest BCUT2D eigenvalue weighted by Gasteiger charge is -2.23. The molecule has 0 unspecified atom stereocenters. The summed E-state index contributed by atoms with van der Waals surface area (Å²) in [6.07, 6.45) is 0. The maximum absolute atomic E-state index is 4.21. The van der Waals surface area contributed by atoms with E-state index in [-0.39, 0.29) is 24.0 Å². The molecule has 0 bridgehead atoms. The van der Waals surface area contributed by atoms with Gasteiger partial charge in [-0.3, -0.25) is 0 Å². The van der Waals surface area contributed by atoms with E-state index in [1.807, 2.05) is 0 Å². The summed E-state index contributed by atoms with van der Waals surface area (Å²) in [6, 6.07) is 32.2. The van der Waals surface area contributed by atoms with Gasteiger partial charge in [-0.05, 0) is 36.4 Å². The van der Waals surface area contributed by atoms with Crippen molar-refractivity contribution in [3.63, 3.8) is 0 Å². The molecule has 3 aromatic rings. The van der Waals surface area contributed by atoms with Crippen LogP contribution in [0.3, 0.4) is 0 Å². The van der Waals surface area contributed by atoms with Gasteiger partial charge < -0.3 is 0 Å². The molecule has 2 heteroatoms. The van der Waals surface area contributed by atoms with Crippen LogP contribution in [0.1, 0.15) is 0 Å². The van der Waals surface area contributed by atoms with Gasteiger partial charge >= 0.3 is 0 Å². The highest BCUT2D eigenvalue weighted by atomic mass is 127. The van der Waals surface area contributed by atoms with Crippen LogP contribution in [0.15, 0.2) is 103 Å². The first-order valence-corrected chi connectivity index (χ1v) is 8.93. The van der Waals surface area contributed by atoms with E-state index in [1.54, 1.807) is 0 Å². The van der Waals surface area contributed by atoms with E-state index in [0.29, 0.717) is 0 Å². The Labute approximate surface area is 150 Å². The van der Waals surface area contributed by atoms with Gasteiger partial charge in [0.25, 0.3) is 0 Å². The van der Waals surface area contributed by atoms with Crippen molar-refractivity contribution in [1.82, 2.24) is 0 Å². The van der Waals surface area contributed by atoms with Crippen LogP contribution < -0.4 is 15.9 Å². The van der Waals surface area contributed by atoms with Crippen molar-refractivity contribution < 1.29 is 0 Å². The van der Waals surface area contributed by atoms with Gasteiger partial charge in [-0.15, -0.1) is 24.0 Å². The molecule has 0 aromatic heterocycles. The fraction of sp³-hybridized carbons (Fsp3) is 0. The lowest BCUT2D eigenvalue weighted by molar-refractivity contribution is 1.72. The van der Waals surface area contributed by atoms with Crippen molar-refractivity contribution in [2.24, 2.45) is 0 Å². The third-order valence-corrected chi connectivity index (χ3v) is 7.65. The fourth-order valence-electron chi connectivity index (χ4n) is 2.75. The molecule has 0 amide bonds. The third-order valence-electron chi connectivity index (χ3n) is 3.76. The van der Waals surface area contributed by atoms with E-state index in [2.05, 4.69) is 103 Å². The minimum atomic E-state index is -1.77. The van der Waals surface area contributed by atoms with Crippen LogP contribution in [0.4, 0.5) is 0 Å². The summed E-state index contributed by atoms with van der Waals surface area (Å²) in [5.74, 6) is 2.16. The molecule has 0 aliphatic heterocycles. The number of hydrogen-bond donors (Lipinski definition) is 0. The summed E-state index contributed by atoms with van der Waals surface area (Å²) < 4.78 is 0. The van der Waals surface area contributed by atoms with Crippen LogP contribution in [0, 0.1) is 0 Å². The average Bonchev–Trinajstić information content (AvgIpc) is 2.59. The minimum absolute atomic E-state index is 0. The number of benzene rings is 3. The van der Waals surface area contributed by atoms with Gasteiger partial charge in [-0.25, -0.2) is 0 Å². The second-order valence-electron chi connectivity index (χ2n) is 4.91. The molecule has 0 aliphatic rings. The van der Waals surface area contributed by atoms with Crippen molar-refractivity contribution >= 4 is 47.2 Å². The van der Waals surface area contributed by atoms with E-state index in [0.717, 1.165) is 0 Å². The van der Waals surface area contributed by atoms with Crippen LogP contribution in [0.25, 0.3) is 0 Å². The molecule has 0 nitrogen and oxygen atoms in total. The quantitative estimate of drug-likeness (QED) is 0.425. The molecule has 3 aromatic carbocycles. The monoisotopic (exact) mass is 417 g/mol. The van der Waals surface area contributed by atoms with Crippen molar-refractivity contribution in [1.29, 1.82) is 0 Å². The summed E-state index contributed by atoms with van der Waals surface area (Å²) in [5, 5.41) is 4.03. The van der Waals surface area contributed by atoms with Crippen LogP contribution >= 0.6 is 31.2 Å². The zero-order valence-electron chi connectivity index (χ0n) is 12.3. The van der Waals surface area contributed by atoms with Gasteiger partial charge in [-0.2, -0.15) is 0 Å². The van der Waals surface area contributed by atoms with Gasteiger partial charge in [0.05, 0.1) is 5.82 Å². The first-order valence-electron chi connectivity index (χ1n) is 7.07. The molecule has 0 atom stereocenters. The molecule has 110 valence electrons. The van der Waals surface area contributed by atoms with Crippen LogP contribution in [0.5, 0.6) is 0 Å². The van der Waals surface area contributed by atoms with Gasteiger partial charge in [-0.1, -0.05) is 61.2 Å². The maximum Gasteiger partial charge on any atom is 0.136 e. The van der Waals surface area contributed by atoms with E-state index in [9.17, 15) is 0 Å².